The molecule has 0 unspecified atom stereocenters. The summed E-state index contributed by atoms with van der Waals surface area (Å²) in [5.41, 5.74) is 1.42. The third-order valence-electron chi connectivity index (χ3n) is 5.16. The number of anilines is 1. The molecule has 0 aliphatic carbocycles. The third-order valence-corrected chi connectivity index (χ3v) is 5.16. The van der Waals surface area contributed by atoms with Crippen LogP contribution in [0.4, 0.5) is 10.1 Å². The van der Waals surface area contributed by atoms with Crippen molar-refractivity contribution >= 4 is 16.6 Å². The number of benzene rings is 1. The molecule has 2 aliphatic heterocycles. The summed E-state index contributed by atoms with van der Waals surface area (Å²) in [4.78, 5) is 6.50. The van der Waals surface area contributed by atoms with Gasteiger partial charge in [-0.1, -0.05) is 12.1 Å². The number of fused-ring (bicyclic) bond motifs is 1. The van der Waals surface area contributed by atoms with Gasteiger partial charge >= 0.3 is 0 Å². The Labute approximate surface area is 134 Å². The van der Waals surface area contributed by atoms with Gasteiger partial charge in [0.25, 0.3) is 0 Å². The van der Waals surface area contributed by atoms with Crippen LogP contribution in [-0.4, -0.2) is 42.0 Å². The van der Waals surface area contributed by atoms with Crippen LogP contribution in [-0.2, 0) is 4.74 Å². The number of hydrogen-bond acceptors (Lipinski definition) is 4. The van der Waals surface area contributed by atoms with E-state index in [1.54, 1.807) is 12.3 Å². The molecule has 0 bridgehead atoms. The fraction of sp³-hybridized carbons (Fsp3) is 0.500. The van der Waals surface area contributed by atoms with Crippen molar-refractivity contribution in [3.05, 3.63) is 36.3 Å². The quantitative estimate of drug-likeness (QED) is 0.925. The maximum atomic E-state index is 14.0. The molecule has 0 radical (unpaired) electrons. The molecule has 1 N–H and O–H groups in total. The molecule has 0 saturated carbocycles. The predicted octanol–water partition coefficient (Wildman–Crippen LogP) is 2.74. The number of pyridine rings is 1. The second-order valence-electron chi connectivity index (χ2n) is 6.46. The standard InChI is InChI=1S/C18H21FN2O2/c19-14-4-1-3-12-16(6-8-20-18(12)14)21-9-2-5-15(21)13-11-23-10-7-17(13)22/h1,3-4,6,8,13,15,17,22H,2,5,7,9-11H2/t13-,15-,17+/m0/s1. The highest BCUT2D eigenvalue weighted by atomic mass is 19.1. The molecule has 0 amide bonds. The number of aliphatic hydroxyl groups excluding tert-OH is 1. The fourth-order valence-corrected chi connectivity index (χ4v) is 4.03. The number of aliphatic hydroxyl groups is 1. The monoisotopic (exact) mass is 316 g/mol. The van der Waals surface area contributed by atoms with E-state index in [0.717, 1.165) is 30.5 Å². The molecule has 4 nitrogen and oxygen atoms in total. The topological polar surface area (TPSA) is 45.6 Å². The number of rotatable bonds is 2. The molecule has 122 valence electrons. The average molecular weight is 316 g/mol. The van der Waals surface area contributed by atoms with Crippen molar-refractivity contribution < 1.29 is 14.2 Å². The minimum atomic E-state index is -0.320. The van der Waals surface area contributed by atoms with Gasteiger partial charge in [0.15, 0.2) is 0 Å². The molecule has 2 fully saturated rings. The Morgan fingerprint density at radius 2 is 2.17 bits per heavy atom. The van der Waals surface area contributed by atoms with Crippen molar-refractivity contribution in [3.63, 3.8) is 0 Å². The molecule has 23 heavy (non-hydrogen) atoms. The Bertz CT molecular complexity index is 708. The van der Waals surface area contributed by atoms with Crippen LogP contribution >= 0.6 is 0 Å². The zero-order valence-corrected chi connectivity index (χ0v) is 13.0. The fourth-order valence-electron chi connectivity index (χ4n) is 4.03. The van der Waals surface area contributed by atoms with Crippen LogP contribution in [0, 0.1) is 11.7 Å². The van der Waals surface area contributed by atoms with Crippen molar-refractivity contribution in [1.29, 1.82) is 0 Å². The van der Waals surface area contributed by atoms with Gasteiger partial charge in [-0.15, -0.1) is 0 Å². The zero-order chi connectivity index (χ0) is 15.8. The lowest BCUT2D eigenvalue weighted by Crippen LogP contribution is -2.46. The molecule has 3 heterocycles. The van der Waals surface area contributed by atoms with E-state index < -0.39 is 0 Å². The maximum Gasteiger partial charge on any atom is 0.149 e. The van der Waals surface area contributed by atoms with Crippen molar-refractivity contribution in [1.82, 2.24) is 4.98 Å². The van der Waals surface area contributed by atoms with Gasteiger partial charge in [0, 0.05) is 42.4 Å². The summed E-state index contributed by atoms with van der Waals surface area (Å²) >= 11 is 0. The van der Waals surface area contributed by atoms with E-state index in [0.29, 0.717) is 25.2 Å². The van der Waals surface area contributed by atoms with Crippen LogP contribution in [0.2, 0.25) is 0 Å². The summed E-state index contributed by atoms with van der Waals surface area (Å²) in [6.45, 7) is 2.15. The SMILES string of the molecule is O[C@@H]1CCOC[C@H]1[C@@H]1CCCN1c1ccnc2c(F)cccc12. The molecule has 0 spiro atoms. The lowest BCUT2D eigenvalue weighted by molar-refractivity contribution is -0.0437. The number of hydrogen-bond donors (Lipinski definition) is 1. The first-order valence-corrected chi connectivity index (χ1v) is 8.31. The van der Waals surface area contributed by atoms with E-state index in [9.17, 15) is 9.50 Å². The summed E-state index contributed by atoms with van der Waals surface area (Å²) in [6.07, 6.45) is 4.15. The molecule has 1 aromatic carbocycles. The van der Waals surface area contributed by atoms with Gasteiger partial charge in [-0.25, -0.2) is 4.39 Å². The molecular weight excluding hydrogens is 295 g/mol. The smallest absolute Gasteiger partial charge is 0.149 e. The van der Waals surface area contributed by atoms with Gasteiger partial charge in [-0.05, 0) is 31.4 Å². The van der Waals surface area contributed by atoms with Crippen LogP contribution in [0.25, 0.3) is 10.9 Å². The minimum Gasteiger partial charge on any atom is -0.393 e. The van der Waals surface area contributed by atoms with Gasteiger partial charge in [-0.2, -0.15) is 0 Å². The van der Waals surface area contributed by atoms with Crippen LogP contribution in [0.5, 0.6) is 0 Å². The lowest BCUT2D eigenvalue weighted by Gasteiger charge is -2.38. The second kappa shape index (κ2) is 6.06. The largest absolute Gasteiger partial charge is 0.393 e. The number of para-hydroxylation sites is 1. The maximum absolute atomic E-state index is 14.0. The number of ether oxygens (including phenoxy) is 1. The third kappa shape index (κ3) is 2.58. The predicted molar refractivity (Wildman–Crippen MR) is 87.0 cm³/mol. The van der Waals surface area contributed by atoms with E-state index in [2.05, 4.69) is 9.88 Å². The molecule has 5 heteroatoms. The van der Waals surface area contributed by atoms with Crippen LogP contribution in [0.15, 0.2) is 30.5 Å². The summed E-state index contributed by atoms with van der Waals surface area (Å²) in [5.74, 6) is -0.177. The van der Waals surface area contributed by atoms with E-state index in [1.165, 1.54) is 6.07 Å². The lowest BCUT2D eigenvalue weighted by atomic mass is 9.89. The van der Waals surface area contributed by atoms with Gasteiger partial charge in [0.1, 0.15) is 11.3 Å². The molecule has 2 aliphatic rings. The Hall–Kier alpha value is -1.72. The van der Waals surface area contributed by atoms with Gasteiger partial charge < -0.3 is 14.7 Å². The summed E-state index contributed by atoms with van der Waals surface area (Å²) in [6, 6.07) is 7.28. The van der Waals surface area contributed by atoms with Gasteiger partial charge in [0.05, 0.1) is 12.7 Å². The first-order chi connectivity index (χ1) is 11.3. The molecule has 1 aromatic heterocycles. The highest BCUT2D eigenvalue weighted by Gasteiger charge is 2.38. The summed E-state index contributed by atoms with van der Waals surface area (Å²) in [7, 11) is 0. The number of aromatic nitrogens is 1. The molecule has 2 saturated heterocycles. The summed E-state index contributed by atoms with van der Waals surface area (Å²) < 4.78 is 19.6. The first-order valence-electron chi connectivity index (χ1n) is 8.31. The van der Waals surface area contributed by atoms with Crippen molar-refractivity contribution in [2.45, 2.75) is 31.4 Å². The van der Waals surface area contributed by atoms with Gasteiger partial charge in [0.2, 0.25) is 0 Å². The van der Waals surface area contributed by atoms with Crippen molar-refractivity contribution in [2.75, 3.05) is 24.7 Å². The highest BCUT2D eigenvalue weighted by Crippen LogP contribution is 2.36. The van der Waals surface area contributed by atoms with Crippen molar-refractivity contribution in [2.24, 2.45) is 5.92 Å². The molecule has 2 aromatic rings. The molecular formula is C18H21FN2O2. The van der Waals surface area contributed by atoms with Crippen LogP contribution in [0.3, 0.4) is 0 Å². The van der Waals surface area contributed by atoms with E-state index in [4.69, 9.17) is 4.74 Å². The van der Waals surface area contributed by atoms with E-state index in [-0.39, 0.29) is 23.9 Å². The Morgan fingerprint density at radius 3 is 3.04 bits per heavy atom. The summed E-state index contributed by atoms with van der Waals surface area (Å²) in [5, 5.41) is 11.2. The van der Waals surface area contributed by atoms with Gasteiger partial charge in [-0.3, -0.25) is 4.98 Å². The second-order valence-corrected chi connectivity index (χ2v) is 6.46. The first kappa shape index (κ1) is 14.8. The Morgan fingerprint density at radius 1 is 1.26 bits per heavy atom. The average Bonchev–Trinajstić information content (AvgIpc) is 3.04. The van der Waals surface area contributed by atoms with E-state index in [1.807, 2.05) is 12.1 Å². The number of halogens is 1. The minimum absolute atomic E-state index is 0.114. The van der Waals surface area contributed by atoms with Crippen LogP contribution in [0.1, 0.15) is 19.3 Å². The molecule has 4 rings (SSSR count). The van der Waals surface area contributed by atoms with Crippen LogP contribution < -0.4 is 4.90 Å². The zero-order valence-electron chi connectivity index (χ0n) is 13.0. The molecule has 3 atom stereocenters. The highest BCUT2D eigenvalue weighted by molar-refractivity contribution is 5.92. The Kier molecular flexibility index (Phi) is 3.91. The van der Waals surface area contributed by atoms with Crippen molar-refractivity contribution in [3.8, 4) is 0 Å². The van der Waals surface area contributed by atoms with E-state index >= 15 is 0 Å². The normalized spacial score (nSPS) is 28.4. The number of nitrogens with zero attached hydrogens (tertiary/aromatic N) is 2. The Balaban J connectivity index is 1.73.